The molecule has 0 fully saturated rings. The van der Waals surface area contributed by atoms with Crippen molar-refractivity contribution in [3.05, 3.63) is 41.8 Å². The van der Waals surface area contributed by atoms with E-state index in [2.05, 4.69) is 4.98 Å². The Morgan fingerprint density at radius 1 is 1.50 bits per heavy atom. The van der Waals surface area contributed by atoms with E-state index in [0.717, 1.165) is 12.1 Å². The fourth-order valence-corrected chi connectivity index (χ4v) is 1.39. The Balaban J connectivity index is 2.40. The zero-order valence-electron chi connectivity index (χ0n) is 8.80. The molecule has 1 heterocycles. The summed E-state index contributed by atoms with van der Waals surface area (Å²) in [6.45, 7) is 1.98. The average Bonchev–Trinajstić information content (AvgIpc) is 2.77. The average molecular weight is 217 g/mol. The monoisotopic (exact) mass is 217 g/mol. The molecule has 2 aromatic rings. The molecular weight excluding hydrogens is 206 g/mol. The molecule has 0 saturated carbocycles. The van der Waals surface area contributed by atoms with Gasteiger partial charge in [-0.25, -0.2) is 9.78 Å². The van der Waals surface area contributed by atoms with Crippen LogP contribution in [-0.2, 0) is 6.42 Å². The van der Waals surface area contributed by atoms with E-state index in [1.165, 1.54) is 6.07 Å². The van der Waals surface area contributed by atoms with Gasteiger partial charge in [0.15, 0.2) is 0 Å². The molecule has 1 aromatic heterocycles. The third kappa shape index (κ3) is 1.95. The number of benzene rings is 1. The van der Waals surface area contributed by atoms with Crippen LogP contribution in [-0.4, -0.2) is 16.1 Å². The minimum Gasteiger partial charge on any atom is -0.478 e. The molecule has 0 amide bonds. The summed E-state index contributed by atoms with van der Waals surface area (Å²) in [5, 5.41) is 8.86. The van der Waals surface area contributed by atoms with Crippen molar-refractivity contribution >= 4 is 5.97 Å². The molecule has 16 heavy (non-hydrogen) atoms. The van der Waals surface area contributed by atoms with Crippen LogP contribution >= 0.6 is 0 Å². The number of aryl methyl sites for hydroxylation is 1. The number of aromatic carboxylic acids is 1. The van der Waals surface area contributed by atoms with Crippen LogP contribution in [0.25, 0.3) is 11.5 Å². The highest BCUT2D eigenvalue weighted by atomic mass is 16.4. The van der Waals surface area contributed by atoms with E-state index in [4.69, 9.17) is 9.52 Å². The van der Waals surface area contributed by atoms with Crippen molar-refractivity contribution < 1.29 is 14.3 Å². The number of carboxylic acid groups (broad SMARTS) is 1. The minimum absolute atomic E-state index is 0.230. The lowest BCUT2D eigenvalue weighted by Gasteiger charge is -1.97. The van der Waals surface area contributed by atoms with Crippen molar-refractivity contribution in [1.82, 2.24) is 4.98 Å². The van der Waals surface area contributed by atoms with Crippen molar-refractivity contribution in [2.45, 2.75) is 13.3 Å². The molecule has 0 aliphatic carbocycles. The Bertz CT molecular complexity index is 516. The summed E-state index contributed by atoms with van der Waals surface area (Å²) >= 11 is 0. The van der Waals surface area contributed by atoms with Crippen LogP contribution in [0, 0.1) is 0 Å². The molecule has 4 nitrogen and oxygen atoms in total. The molecule has 2 rings (SSSR count). The second-order valence-electron chi connectivity index (χ2n) is 3.38. The van der Waals surface area contributed by atoms with E-state index < -0.39 is 5.97 Å². The first-order valence-corrected chi connectivity index (χ1v) is 4.99. The van der Waals surface area contributed by atoms with E-state index >= 15 is 0 Å². The Morgan fingerprint density at radius 2 is 2.31 bits per heavy atom. The predicted octanol–water partition coefficient (Wildman–Crippen LogP) is 2.60. The molecule has 82 valence electrons. The summed E-state index contributed by atoms with van der Waals surface area (Å²) in [5.41, 5.74) is 1.77. The van der Waals surface area contributed by atoms with Crippen molar-refractivity contribution in [2.75, 3.05) is 0 Å². The van der Waals surface area contributed by atoms with Crippen LogP contribution in [0.3, 0.4) is 0 Å². The highest BCUT2D eigenvalue weighted by Crippen LogP contribution is 2.20. The lowest BCUT2D eigenvalue weighted by Crippen LogP contribution is -1.95. The van der Waals surface area contributed by atoms with Crippen molar-refractivity contribution in [3.8, 4) is 11.5 Å². The third-order valence-corrected chi connectivity index (χ3v) is 2.27. The molecule has 0 aliphatic rings. The van der Waals surface area contributed by atoms with Gasteiger partial charge in [0.05, 0.1) is 11.3 Å². The maximum absolute atomic E-state index is 10.8. The molecule has 1 aromatic carbocycles. The molecule has 0 unspecified atom stereocenters. The number of carbonyl (C=O) groups is 1. The molecule has 0 spiro atoms. The summed E-state index contributed by atoms with van der Waals surface area (Å²) in [7, 11) is 0. The van der Waals surface area contributed by atoms with E-state index in [1.807, 2.05) is 6.92 Å². The number of carboxylic acids is 1. The van der Waals surface area contributed by atoms with Gasteiger partial charge in [-0.15, -0.1) is 0 Å². The van der Waals surface area contributed by atoms with Gasteiger partial charge in [0.1, 0.15) is 6.26 Å². The first-order chi connectivity index (χ1) is 7.70. The molecule has 0 atom stereocenters. The van der Waals surface area contributed by atoms with Gasteiger partial charge in [-0.05, 0) is 24.6 Å². The van der Waals surface area contributed by atoms with E-state index in [1.54, 1.807) is 24.5 Å². The first-order valence-electron chi connectivity index (χ1n) is 4.99. The Labute approximate surface area is 92.6 Å². The standard InChI is InChI=1S/C12H11NO3/c1-2-10-7-16-11(13-10)8-4-3-5-9(6-8)12(14)15/h3-7H,2H2,1H3,(H,14,15). The van der Waals surface area contributed by atoms with E-state index in [-0.39, 0.29) is 5.56 Å². The molecule has 4 heteroatoms. The minimum atomic E-state index is -0.955. The van der Waals surface area contributed by atoms with E-state index in [9.17, 15) is 4.79 Å². The van der Waals surface area contributed by atoms with Gasteiger partial charge in [-0.3, -0.25) is 0 Å². The zero-order valence-corrected chi connectivity index (χ0v) is 8.80. The fourth-order valence-electron chi connectivity index (χ4n) is 1.39. The third-order valence-electron chi connectivity index (χ3n) is 2.27. The van der Waals surface area contributed by atoms with Crippen LogP contribution < -0.4 is 0 Å². The topological polar surface area (TPSA) is 63.3 Å². The predicted molar refractivity (Wildman–Crippen MR) is 58.3 cm³/mol. The maximum atomic E-state index is 10.8. The largest absolute Gasteiger partial charge is 0.478 e. The van der Waals surface area contributed by atoms with Crippen LogP contribution in [0.15, 0.2) is 34.9 Å². The summed E-state index contributed by atoms with van der Waals surface area (Å²) in [5.74, 6) is -0.496. The lowest BCUT2D eigenvalue weighted by atomic mass is 10.1. The number of hydrogen-bond acceptors (Lipinski definition) is 3. The van der Waals surface area contributed by atoms with Gasteiger partial charge in [0.25, 0.3) is 0 Å². The molecule has 0 bridgehead atoms. The molecular formula is C12H11NO3. The smallest absolute Gasteiger partial charge is 0.335 e. The number of aromatic nitrogens is 1. The first kappa shape index (κ1) is 10.4. The van der Waals surface area contributed by atoms with Crippen molar-refractivity contribution in [2.24, 2.45) is 0 Å². The van der Waals surface area contributed by atoms with Gasteiger partial charge < -0.3 is 9.52 Å². The van der Waals surface area contributed by atoms with Crippen LogP contribution in [0.4, 0.5) is 0 Å². The Kier molecular flexibility index (Phi) is 2.72. The normalized spacial score (nSPS) is 10.3. The highest BCUT2D eigenvalue weighted by molar-refractivity contribution is 5.88. The maximum Gasteiger partial charge on any atom is 0.335 e. The number of hydrogen-bond donors (Lipinski definition) is 1. The fraction of sp³-hybridized carbons (Fsp3) is 0.167. The van der Waals surface area contributed by atoms with Crippen molar-refractivity contribution in [1.29, 1.82) is 0 Å². The Hall–Kier alpha value is -2.10. The summed E-state index contributed by atoms with van der Waals surface area (Å²) in [4.78, 5) is 15.0. The van der Waals surface area contributed by atoms with Gasteiger partial charge in [-0.2, -0.15) is 0 Å². The van der Waals surface area contributed by atoms with E-state index in [0.29, 0.717) is 11.5 Å². The van der Waals surface area contributed by atoms with Crippen LogP contribution in [0.2, 0.25) is 0 Å². The van der Waals surface area contributed by atoms with Gasteiger partial charge in [0, 0.05) is 5.56 Å². The molecule has 1 N–H and O–H groups in total. The number of rotatable bonds is 3. The second-order valence-corrected chi connectivity index (χ2v) is 3.38. The van der Waals surface area contributed by atoms with Gasteiger partial charge >= 0.3 is 5.97 Å². The van der Waals surface area contributed by atoms with Gasteiger partial charge in [-0.1, -0.05) is 13.0 Å². The summed E-state index contributed by atoms with van der Waals surface area (Å²) in [6.07, 6.45) is 2.38. The Morgan fingerprint density at radius 3 is 2.94 bits per heavy atom. The lowest BCUT2D eigenvalue weighted by molar-refractivity contribution is 0.0697. The number of nitrogens with zero attached hydrogens (tertiary/aromatic N) is 1. The number of oxazole rings is 1. The quantitative estimate of drug-likeness (QED) is 0.858. The molecule has 0 aliphatic heterocycles. The highest BCUT2D eigenvalue weighted by Gasteiger charge is 2.08. The molecule has 0 saturated heterocycles. The van der Waals surface area contributed by atoms with Crippen LogP contribution in [0.5, 0.6) is 0 Å². The summed E-state index contributed by atoms with van der Waals surface area (Å²) in [6, 6.07) is 6.54. The van der Waals surface area contributed by atoms with Crippen LogP contribution in [0.1, 0.15) is 23.0 Å². The molecule has 0 radical (unpaired) electrons. The second kappa shape index (κ2) is 4.18. The zero-order chi connectivity index (χ0) is 11.5. The van der Waals surface area contributed by atoms with Crippen molar-refractivity contribution in [3.63, 3.8) is 0 Å². The van der Waals surface area contributed by atoms with Gasteiger partial charge in [0.2, 0.25) is 5.89 Å². The SMILES string of the molecule is CCc1coc(-c2cccc(C(=O)O)c2)n1. The summed E-state index contributed by atoms with van der Waals surface area (Å²) < 4.78 is 5.27.